The molecule has 0 aliphatic heterocycles. The van der Waals surface area contributed by atoms with Crippen molar-refractivity contribution in [2.45, 2.75) is 25.7 Å². The number of H-pyrrole nitrogens is 1. The molecule has 13 heavy (non-hydrogen) atoms. The smallest absolute Gasteiger partial charge is 0.0459 e. The Kier molecular flexibility index (Phi) is 1.32. The number of hydrogen-bond donors (Lipinski definition) is 1. The van der Waals surface area contributed by atoms with Crippen LogP contribution in [0.25, 0.3) is 10.9 Å². The van der Waals surface area contributed by atoms with Crippen LogP contribution in [0.5, 0.6) is 0 Å². The van der Waals surface area contributed by atoms with Gasteiger partial charge in [-0.1, -0.05) is 12.1 Å². The number of nitrogens with one attached hydrogen (secondary N) is 1. The van der Waals surface area contributed by atoms with Crippen LogP contribution >= 0.6 is 0 Å². The lowest BCUT2D eigenvalue weighted by Gasteiger charge is -1.97. The first-order chi connectivity index (χ1) is 6.34. The first-order valence-electron chi connectivity index (χ1n) is 4.92. The minimum Gasteiger partial charge on any atom is -0.361 e. The third-order valence-electron chi connectivity index (χ3n) is 2.96. The van der Waals surface area contributed by atoms with Crippen molar-refractivity contribution in [2.75, 3.05) is 0 Å². The van der Waals surface area contributed by atoms with Gasteiger partial charge in [0.05, 0.1) is 0 Å². The Morgan fingerprint density at radius 3 is 2.92 bits per heavy atom. The normalized spacial score (nSPS) is 16.7. The van der Waals surface area contributed by atoms with E-state index in [-0.39, 0.29) is 0 Å². The summed E-state index contributed by atoms with van der Waals surface area (Å²) in [4.78, 5) is 3.31. The van der Waals surface area contributed by atoms with E-state index in [2.05, 4.69) is 36.3 Å². The van der Waals surface area contributed by atoms with Gasteiger partial charge in [0, 0.05) is 17.1 Å². The van der Waals surface area contributed by atoms with Crippen LogP contribution in [0, 0.1) is 6.92 Å². The maximum absolute atomic E-state index is 3.31. The number of rotatable bonds is 1. The molecule has 1 heteroatoms. The lowest BCUT2D eigenvalue weighted by atomic mass is 10.1. The number of aromatic amines is 1. The lowest BCUT2D eigenvalue weighted by Crippen LogP contribution is -1.78. The van der Waals surface area contributed by atoms with Gasteiger partial charge in [-0.05, 0) is 42.9 Å². The summed E-state index contributed by atoms with van der Waals surface area (Å²) >= 11 is 0. The van der Waals surface area contributed by atoms with Gasteiger partial charge < -0.3 is 4.98 Å². The Morgan fingerprint density at radius 1 is 1.31 bits per heavy atom. The molecular weight excluding hydrogens is 158 g/mol. The highest BCUT2D eigenvalue weighted by atomic mass is 14.7. The van der Waals surface area contributed by atoms with E-state index in [4.69, 9.17) is 0 Å². The maximum Gasteiger partial charge on any atom is 0.0459 e. The zero-order valence-electron chi connectivity index (χ0n) is 7.80. The Morgan fingerprint density at radius 2 is 2.15 bits per heavy atom. The molecule has 66 valence electrons. The van der Waals surface area contributed by atoms with Gasteiger partial charge in [-0.15, -0.1) is 0 Å². The summed E-state index contributed by atoms with van der Waals surface area (Å²) in [6.45, 7) is 2.15. The van der Waals surface area contributed by atoms with E-state index in [9.17, 15) is 0 Å². The summed E-state index contributed by atoms with van der Waals surface area (Å²) < 4.78 is 0. The Hall–Kier alpha value is -1.24. The van der Waals surface area contributed by atoms with Crippen molar-refractivity contribution < 1.29 is 0 Å². The Balaban J connectivity index is 2.21. The predicted octanol–water partition coefficient (Wildman–Crippen LogP) is 3.35. The van der Waals surface area contributed by atoms with E-state index in [0.717, 1.165) is 5.92 Å². The van der Waals surface area contributed by atoms with Gasteiger partial charge in [-0.3, -0.25) is 0 Å². The third kappa shape index (κ3) is 1.07. The quantitative estimate of drug-likeness (QED) is 0.677. The van der Waals surface area contributed by atoms with Gasteiger partial charge in [0.1, 0.15) is 0 Å². The summed E-state index contributed by atoms with van der Waals surface area (Å²) in [6, 6.07) is 6.83. The second-order valence-electron chi connectivity index (χ2n) is 4.05. The number of aryl methyl sites for hydroxylation is 1. The zero-order valence-corrected chi connectivity index (χ0v) is 7.80. The van der Waals surface area contributed by atoms with Gasteiger partial charge in [-0.2, -0.15) is 0 Å². The van der Waals surface area contributed by atoms with Gasteiger partial charge >= 0.3 is 0 Å². The Bertz CT molecular complexity index is 449. The molecule has 1 aromatic heterocycles. The van der Waals surface area contributed by atoms with Gasteiger partial charge in [0.15, 0.2) is 0 Å². The molecule has 1 aromatic carbocycles. The minimum absolute atomic E-state index is 0.855. The van der Waals surface area contributed by atoms with E-state index in [1.165, 1.54) is 34.9 Å². The molecule has 1 fully saturated rings. The molecule has 0 spiro atoms. The zero-order chi connectivity index (χ0) is 8.84. The van der Waals surface area contributed by atoms with Crippen molar-refractivity contribution in [3.05, 3.63) is 35.5 Å². The molecule has 1 nitrogen and oxygen atoms in total. The molecule has 1 saturated carbocycles. The van der Waals surface area contributed by atoms with E-state index in [0.29, 0.717) is 0 Å². The minimum atomic E-state index is 0.855. The summed E-state index contributed by atoms with van der Waals surface area (Å²) in [7, 11) is 0. The second kappa shape index (κ2) is 2.38. The summed E-state index contributed by atoms with van der Waals surface area (Å²) in [5, 5.41) is 1.37. The van der Waals surface area contributed by atoms with Crippen molar-refractivity contribution in [1.29, 1.82) is 0 Å². The fraction of sp³-hybridized carbons (Fsp3) is 0.333. The van der Waals surface area contributed by atoms with E-state index in [1.54, 1.807) is 0 Å². The van der Waals surface area contributed by atoms with Crippen LogP contribution in [-0.2, 0) is 0 Å². The summed E-state index contributed by atoms with van der Waals surface area (Å²) in [5.74, 6) is 0.855. The average molecular weight is 171 g/mol. The van der Waals surface area contributed by atoms with Gasteiger partial charge in [0.25, 0.3) is 0 Å². The van der Waals surface area contributed by atoms with Crippen LogP contribution in [0.3, 0.4) is 0 Å². The van der Waals surface area contributed by atoms with Crippen LogP contribution in [0.2, 0.25) is 0 Å². The molecule has 0 bridgehead atoms. The molecule has 3 rings (SSSR count). The van der Waals surface area contributed by atoms with E-state index in [1.807, 2.05) is 0 Å². The molecule has 0 saturated heterocycles. The number of fused-ring (bicyclic) bond motifs is 1. The van der Waals surface area contributed by atoms with Gasteiger partial charge in [-0.25, -0.2) is 0 Å². The second-order valence-corrected chi connectivity index (χ2v) is 4.05. The molecule has 1 aliphatic rings. The standard InChI is InChI=1S/C12H13N/c1-8-7-13-12-6-10(9-2-3-9)4-5-11(8)12/h4-7,9,13H,2-3H2,1H3. The number of hydrogen-bond acceptors (Lipinski definition) is 0. The van der Waals surface area contributed by atoms with Gasteiger partial charge in [0.2, 0.25) is 0 Å². The molecular formula is C12H13N. The average Bonchev–Trinajstić information content (AvgIpc) is 2.93. The first kappa shape index (κ1) is 7.19. The van der Waals surface area contributed by atoms with Crippen LogP contribution in [0.4, 0.5) is 0 Å². The van der Waals surface area contributed by atoms with Crippen molar-refractivity contribution in [2.24, 2.45) is 0 Å². The van der Waals surface area contributed by atoms with E-state index < -0.39 is 0 Å². The van der Waals surface area contributed by atoms with Crippen molar-refractivity contribution in [3.63, 3.8) is 0 Å². The fourth-order valence-corrected chi connectivity index (χ4v) is 1.96. The summed E-state index contributed by atoms with van der Waals surface area (Å²) in [6.07, 6.45) is 4.84. The van der Waals surface area contributed by atoms with Crippen LogP contribution in [0.15, 0.2) is 24.4 Å². The lowest BCUT2D eigenvalue weighted by molar-refractivity contribution is 1.13. The fourth-order valence-electron chi connectivity index (χ4n) is 1.96. The van der Waals surface area contributed by atoms with Crippen molar-refractivity contribution in [1.82, 2.24) is 4.98 Å². The SMILES string of the molecule is Cc1c[nH]c2cc(C3CC3)ccc12. The largest absolute Gasteiger partial charge is 0.361 e. The topological polar surface area (TPSA) is 15.8 Å². The molecule has 0 amide bonds. The van der Waals surface area contributed by atoms with Crippen LogP contribution in [0.1, 0.15) is 29.9 Å². The molecule has 0 atom stereocenters. The molecule has 0 radical (unpaired) electrons. The van der Waals surface area contributed by atoms with Crippen LogP contribution in [-0.4, -0.2) is 4.98 Å². The molecule has 1 N–H and O–H groups in total. The number of benzene rings is 1. The predicted molar refractivity (Wildman–Crippen MR) is 55.0 cm³/mol. The van der Waals surface area contributed by atoms with Crippen molar-refractivity contribution in [3.8, 4) is 0 Å². The van der Waals surface area contributed by atoms with Crippen LogP contribution < -0.4 is 0 Å². The molecule has 1 aliphatic carbocycles. The molecule has 0 unspecified atom stereocenters. The molecule has 2 aromatic rings. The van der Waals surface area contributed by atoms with Crippen molar-refractivity contribution >= 4 is 10.9 Å². The molecule has 1 heterocycles. The highest BCUT2D eigenvalue weighted by molar-refractivity contribution is 5.83. The Labute approximate surface area is 77.8 Å². The highest BCUT2D eigenvalue weighted by Gasteiger charge is 2.23. The number of aromatic nitrogens is 1. The summed E-state index contributed by atoms with van der Waals surface area (Å²) in [5.41, 5.74) is 4.15. The first-order valence-corrected chi connectivity index (χ1v) is 4.92. The maximum atomic E-state index is 3.31. The monoisotopic (exact) mass is 171 g/mol. The highest BCUT2D eigenvalue weighted by Crippen LogP contribution is 2.40. The third-order valence-corrected chi connectivity index (χ3v) is 2.96. The van der Waals surface area contributed by atoms with E-state index >= 15 is 0 Å².